The molecule has 0 aliphatic carbocycles. The van der Waals surface area contributed by atoms with E-state index in [0.29, 0.717) is 12.0 Å². The van der Waals surface area contributed by atoms with Crippen LogP contribution in [0.3, 0.4) is 0 Å². The number of piperidine rings is 1. The van der Waals surface area contributed by atoms with Crippen LogP contribution in [0.2, 0.25) is 0 Å². The number of guanidine groups is 1. The van der Waals surface area contributed by atoms with Crippen molar-refractivity contribution in [3.05, 3.63) is 30.3 Å². The zero-order valence-electron chi connectivity index (χ0n) is 17.9. The highest BCUT2D eigenvalue weighted by atomic mass is 32.2. The minimum absolute atomic E-state index is 0.654. The number of nitrogens with one attached hydrogen (secondary N) is 1. The molecule has 1 aromatic carbocycles. The van der Waals surface area contributed by atoms with Crippen LogP contribution in [-0.2, 0) is 0 Å². The van der Waals surface area contributed by atoms with Crippen molar-refractivity contribution in [3.8, 4) is 0 Å². The highest BCUT2D eigenvalue weighted by Crippen LogP contribution is 2.26. The van der Waals surface area contributed by atoms with Crippen LogP contribution in [0, 0.1) is 11.8 Å². The van der Waals surface area contributed by atoms with Crippen molar-refractivity contribution in [1.29, 1.82) is 0 Å². The summed E-state index contributed by atoms with van der Waals surface area (Å²) in [5.74, 6) is 3.79. The summed E-state index contributed by atoms with van der Waals surface area (Å²) in [5, 5.41) is 3.55. The van der Waals surface area contributed by atoms with Crippen molar-refractivity contribution in [1.82, 2.24) is 15.1 Å². The Morgan fingerprint density at radius 3 is 2.71 bits per heavy atom. The molecule has 2 fully saturated rings. The molecule has 2 heterocycles. The Kier molecular flexibility index (Phi) is 8.53. The molecule has 0 bridgehead atoms. The summed E-state index contributed by atoms with van der Waals surface area (Å²) in [7, 11) is 0. The Morgan fingerprint density at radius 2 is 1.96 bits per heavy atom. The van der Waals surface area contributed by atoms with Crippen LogP contribution in [0.15, 0.2) is 40.2 Å². The maximum absolute atomic E-state index is 5.06. The molecule has 0 saturated carbocycles. The lowest BCUT2D eigenvalue weighted by Gasteiger charge is -2.35. The van der Waals surface area contributed by atoms with Gasteiger partial charge in [0.05, 0.1) is 0 Å². The molecule has 4 nitrogen and oxygen atoms in total. The first-order valence-corrected chi connectivity index (χ1v) is 12.1. The molecule has 2 aliphatic heterocycles. The third-order valence-corrected chi connectivity index (χ3v) is 7.17. The fourth-order valence-electron chi connectivity index (χ4n) is 4.25. The molecule has 0 radical (unpaired) electrons. The maximum atomic E-state index is 5.06. The van der Waals surface area contributed by atoms with Gasteiger partial charge < -0.3 is 15.1 Å². The van der Waals surface area contributed by atoms with Crippen molar-refractivity contribution in [3.63, 3.8) is 0 Å². The average Bonchev–Trinajstić information content (AvgIpc) is 3.19. The normalized spacial score (nSPS) is 24.1. The number of thioether (sulfide) groups is 1. The first-order chi connectivity index (χ1) is 13.7. The number of aliphatic imine (C=N–C) groups is 1. The molecule has 0 amide bonds. The van der Waals surface area contributed by atoms with Crippen molar-refractivity contribution >= 4 is 17.7 Å². The van der Waals surface area contributed by atoms with Crippen molar-refractivity contribution < 1.29 is 0 Å². The third-order valence-electron chi connectivity index (χ3n) is 5.93. The van der Waals surface area contributed by atoms with Gasteiger partial charge in [-0.1, -0.05) is 18.2 Å². The van der Waals surface area contributed by atoms with E-state index in [1.807, 2.05) is 11.8 Å². The Labute approximate surface area is 176 Å². The van der Waals surface area contributed by atoms with E-state index < -0.39 is 0 Å². The van der Waals surface area contributed by atoms with E-state index >= 15 is 0 Å². The number of hydrogen-bond acceptors (Lipinski definition) is 3. The van der Waals surface area contributed by atoms with Gasteiger partial charge in [0.2, 0.25) is 0 Å². The summed E-state index contributed by atoms with van der Waals surface area (Å²) >= 11 is 1.99. The van der Waals surface area contributed by atoms with E-state index in [-0.39, 0.29) is 0 Å². The SMILES string of the molecule is CCNC(=NCC1CCCN(C(C)C)C1)N1CCC(CSc2ccccc2)C1. The van der Waals surface area contributed by atoms with Crippen LogP contribution in [0.4, 0.5) is 0 Å². The van der Waals surface area contributed by atoms with Gasteiger partial charge in [0.1, 0.15) is 0 Å². The van der Waals surface area contributed by atoms with Gasteiger partial charge in [-0.25, -0.2) is 0 Å². The van der Waals surface area contributed by atoms with Gasteiger partial charge in [0.25, 0.3) is 0 Å². The Balaban J connectivity index is 1.50. The van der Waals surface area contributed by atoms with E-state index in [1.54, 1.807) is 0 Å². The summed E-state index contributed by atoms with van der Waals surface area (Å²) in [6, 6.07) is 11.4. The predicted octanol–water partition coefficient (Wildman–Crippen LogP) is 4.19. The second-order valence-corrected chi connectivity index (χ2v) is 9.61. The molecule has 1 N–H and O–H groups in total. The maximum Gasteiger partial charge on any atom is 0.193 e. The van der Waals surface area contributed by atoms with E-state index in [9.17, 15) is 0 Å². The summed E-state index contributed by atoms with van der Waals surface area (Å²) < 4.78 is 0. The highest BCUT2D eigenvalue weighted by molar-refractivity contribution is 7.99. The molecular formula is C23H38N4S. The average molecular weight is 403 g/mol. The van der Waals surface area contributed by atoms with Gasteiger partial charge in [-0.3, -0.25) is 4.99 Å². The Hall–Kier alpha value is -1.20. The van der Waals surface area contributed by atoms with Gasteiger partial charge in [-0.2, -0.15) is 0 Å². The molecular weight excluding hydrogens is 364 g/mol. The van der Waals surface area contributed by atoms with Gasteiger partial charge in [0, 0.05) is 49.4 Å². The van der Waals surface area contributed by atoms with Crippen LogP contribution in [0.5, 0.6) is 0 Å². The van der Waals surface area contributed by atoms with Crippen LogP contribution in [0.1, 0.15) is 40.0 Å². The van der Waals surface area contributed by atoms with E-state index in [1.165, 1.54) is 43.0 Å². The van der Waals surface area contributed by atoms with E-state index in [2.05, 4.69) is 66.2 Å². The van der Waals surface area contributed by atoms with Gasteiger partial charge in [-0.15, -0.1) is 11.8 Å². The molecule has 5 heteroatoms. The number of benzene rings is 1. The monoisotopic (exact) mass is 402 g/mol. The molecule has 3 rings (SSSR count). The van der Waals surface area contributed by atoms with Crippen LogP contribution >= 0.6 is 11.8 Å². The van der Waals surface area contributed by atoms with E-state index in [4.69, 9.17) is 4.99 Å². The molecule has 0 spiro atoms. The van der Waals surface area contributed by atoms with Crippen molar-refractivity contribution in [2.45, 2.75) is 51.0 Å². The summed E-state index contributed by atoms with van der Waals surface area (Å²) in [6.07, 6.45) is 3.91. The minimum atomic E-state index is 0.654. The van der Waals surface area contributed by atoms with Gasteiger partial charge in [0.15, 0.2) is 5.96 Å². The summed E-state index contributed by atoms with van der Waals surface area (Å²) in [5.41, 5.74) is 0. The zero-order valence-corrected chi connectivity index (χ0v) is 18.8. The van der Waals surface area contributed by atoms with Crippen molar-refractivity contribution in [2.75, 3.05) is 45.0 Å². The first kappa shape index (κ1) is 21.5. The molecule has 2 atom stereocenters. The lowest BCUT2D eigenvalue weighted by molar-refractivity contribution is 0.143. The van der Waals surface area contributed by atoms with Crippen molar-refractivity contribution in [2.24, 2.45) is 16.8 Å². The number of likely N-dealkylation sites (tertiary alicyclic amines) is 2. The highest BCUT2D eigenvalue weighted by Gasteiger charge is 2.26. The standard InChI is InChI=1S/C23H38N4S/c1-4-24-23(25-15-20-9-8-13-26(16-20)19(2)3)27-14-12-21(17-27)18-28-22-10-6-5-7-11-22/h5-7,10-11,19-21H,4,8-9,12-18H2,1-3H3,(H,24,25). The quantitative estimate of drug-likeness (QED) is 0.421. The lowest BCUT2D eigenvalue weighted by atomic mass is 9.97. The smallest absolute Gasteiger partial charge is 0.193 e. The Bertz CT molecular complexity index is 604. The van der Waals surface area contributed by atoms with Gasteiger partial charge >= 0.3 is 0 Å². The molecule has 2 unspecified atom stereocenters. The number of nitrogens with zero attached hydrogens (tertiary/aromatic N) is 3. The third kappa shape index (κ3) is 6.41. The van der Waals surface area contributed by atoms with Crippen LogP contribution in [-0.4, -0.2) is 66.8 Å². The topological polar surface area (TPSA) is 30.9 Å². The minimum Gasteiger partial charge on any atom is -0.357 e. The number of rotatable bonds is 7. The predicted molar refractivity (Wildman–Crippen MR) is 122 cm³/mol. The molecule has 2 saturated heterocycles. The first-order valence-electron chi connectivity index (χ1n) is 11.1. The van der Waals surface area contributed by atoms with Crippen LogP contribution < -0.4 is 5.32 Å². The molecule has 1 aromatic rings. The largest absolute Gasteiger partial charge is 0.357 e. The lowest BCUT2D eigenvalue weighted by Crippen LogP contribution is -2.42. The zero-order chi connectivity index (χ0) is 19.8. The summed E-state index contributed by atoms with van der Waals surface area (Å²) in [6.45, 7) is 13.4. The van der Waals surface area contributed by atoms with Gasteiger partial charge in [-0.05, 0) is 70.5 Å². The fourth-order valence-corrected chi connectivity index (χ4v) is 5.30. The second kappa shape index (κ2) is 11.1. The van der Waals surface area contributed by atoms with Crippen LogP contribution in [0.25, 0.3) is 0 Å². The molecule has 0 aromatic heterocycles. The Morgan fingerprint density at radius 1 is 1.14 bits per heavy atom. The number of hydrogen-bond donors (Lipinski definition) is 1. The van der Waals surface area contributed by atoms with E-state index in [0.717, 1.165) is 38.1 Å². The fraction of sp³-hybridized carbons (Fsp3) is 0.696. The second-order valence-electron chi connectivity index (χ2n) is 8.52. The molecule has 2 aliphatic rings. The summed E-state index contributed by atoms with van der Waals surface area (Å²) in [4.78, 5) is 11.5. The molecule has 156 valence electrons. The molecule has 28 heavy (non-hydrogen) atoms.